The van der Waals surface area contributed by atoms with E-state index in [4.69, 9.17) is 9.47 Å². The molecule has 9 nitrogen and oxygen atoms in total. The molecule has 4 rings (SSSR count). The Hall–Kier alpha value is -2.98. The smallest absolute Gasteiger partial charge is 0.229 e. The SMILES string of the molecule is Cc1cc(OC2O[C@H](C)[C@@H](O)[C@H](O)[C@@H]2O)c2c(c1)C(=O)c1cc(O)cc(O)c1C2=O. The Balaban J connectivity index is 1.81. The average molecular weight is 416 g/mol. The number of ketones is 2. The molecule has 9 heteroatoms. The first-order valence-electron chi connectivity index (χ1n) is 9.26. The van der Waals surface area contributed by atoms with Gasteiger partial charge in [-0.3, -0.25) is 9.59 Å². The molecule has 0 saturated carbocycles. The number of phenols is 2. The maximum atomic E-state index is 13.2. The van der Waals surface area contributed by atoms with Crippen molar-refractivity contribution >= 4 is 11.6 Å². The van der Waals surface area contributed by atoms with E-state index in [0.717, 1.165) is 12.1 Å². The van der Waals surface area contributed by atoms with Crippen LogP contribution in [0.1, 0.15) is 44.3 Å². The van der Waals surface area contributed by atoms with Gasteiger partial charge >= 0.3 is 0 Å². The first-order chi connectivity index (χ1) is 14.1. The molecule has 1 aliphatic carbocycles. The van der Waals surface area contributed by atoms with E-state index in [2.05, 4.69) is 0 Å². The van der Waals surface area contributed by atoms with Crippen molar-refractivity contribution in [2.24, 2.45) is 0 Å². The third-order valence-electron chi connectivity index (χ3n) is 5.34. The van der Waals surface area contributed by atoms with Crippen molar-refractivity contribution in [3.05, 3.63) is 52.1 Å². The summed E-state index contributed by atoms with van der Waals surface area (Å²) in [5, 5.41) is 49.9. The molecular weight excluding hydrogens is 396 g/mol. The van der Waals surface area contributed by atoms with Gasteiger partial charge < -0.3 is 35.0 Å². The zero-order valence-electron chi connectivity index (χ0n) is 16.1. The highest BCUT2D eigenvalue weighted by Crippen LogP contribution is 2.40. The van der Waals surface area contributed by atoms with Crippen LogP contribution < -0.4 is 4.74 Å². The first kappa shape index (κ1) is 20.3. The van der Waals surface area contributed by atoms with Gasteiger partial charge in [0, 0.05) is 17.2 Å². The number of hydrogen-bond acceptors (Lipinski definition) is 9. The Morgan fingerprint density at radius 2 is 1.53 bits per heavy atom. The molecule has 1 unspecified atom stereocenters. The second-order valence-electron chi connectivity index (χ2n) is 7.53. The van der Waals surface area contributed by atoms with Gasteiger partial charge in [0.05, 0.1) is 17.2 Å². The number of benzene rings is 2. The van der Waals surface area contributed by atoms with Crippen LogP contribution in [0.4, 0.5) is 0 Å². The number of aryl methyl sites for hydroxylation is 1. The fourth-order valence-corrected chi connectivity index (χ4v) is 3.80. The van der Waals surface area contributed by atoms with Gasteiger partial charge in [0.25, 0.3) is 0 Å². The van der Waals surface area contributed by atoms with Crippen molar-refractivity contribution in [3.63, 3.8) is 0 Å². The lowest BCUT2D eigenvalue weighted by Crippen LogP contribution is -2.58. The van der Waals surface area contributed by atoms with Crippen LogP contribution in [-0.4, -0.2) is 67.8 Å². The van der Waals surface area contributed by atoms with Gasteiger partial charge in [-0.05, 0) is 37.6 Å². The normalized spacial score (nSPS) is 28.1. The summed E-state index contributed by atoms with van der Waals surface area (Å²) in [4.78, 5) is 26.1. The molecular formula is C21H20O9. The third kappa shape index (κ3) is 3.03. The fraction of sp³-hybridized carbons (Fsp3) is 0.333. The summed E-state index contributed by atoms with van der Waals surface area (Å²) >= 11 is 0. The van der Waals surface area contributed by atoms with Gasteiger partial charge in [0.2, 0.25) is 12.1 Å². The summed E-state index contributed by atoms with van der Waals surface area (Å²) in [6.07, 6.45) is -6.75. The summed E-state index contributed by atoms with van der Waals surface area (Å²) in [7, 11) is 0. The van der Waals surface area contributed by atoms with Crippen LogP contribution >= 0.6 is 0 Å². The Morgan fingerprint density at radius 3 is 2.23 bits per heavy atom. The summed E-state index contributed by atoms with van der Waals surface area (Å²) < 4.78 is 11.1. The highest BCUT2D eigenvalue weighted by atomic mass is 16.7. The molecule has 2 aromatic carbocycles. The van der Waals surface area contributed by atoms with E-state index in [1.165, 1.54) is 19.1 Å². The standard InChI is InChI=1S/C21H20O9/c1-7-3-10-15(18(26)14-11(17(10)25)5-9(22)6-12(14)23)13(4-7)30-21-20(28)19(27)16(24)8(2)29-21/h3-6,8,16,19-24,27-28H,1-2H3/t8-,16-,19+,20+,21?/m1/s1. The molecule has 1 aliphatic heterocycles. The summed E-state index contributed by atoms with van der Waals surface area (Å²) in [5.74, 6) is -2.29. The molecule has 1 fully saturated rings. The van der Waals surface area contributed by atoms with Crippen LogP contribution in [0, 0.1) is 6.92 Å². The molecule has 0 radical (unpaired) electrons. The second-order valence-corrected chi connectivity index (χ2v) is 7.53. The minimum absolute atomic E-state index is 0.00595. The Labute approximate surface area is 170 Å². The molecule has 0 spiro atoms. The second kappa shape index (κ2) is 7.06. The van der Waals surface area contributed by atoms with Crippen molar-refractivity contribution in [3.8, 4) is 17.2 Å². The van der Waals surface area contributed by atoms with Gasteiger partial charge in [-0.25, -0.2) is 0 Å². The molecule has 158 valence electrons. The van der Waals surface area contributed by atoms with Crippen LogP contribution in [0.2, 0.25) is 0 Å². The molecule has 0 aromatic heterocycles. The number of hydrogen-bond donors (Lipinski definition) is 5. The Kier molecular flexibility index (Phi) is 4.78. The highest BCUT2D eigenvalue weighted by molar-refractivity contribution is 6.30. The van der Waals surface area contributed by atoms with Crippen LogP contribution in [0.3, 0.4) is 0 Å². The lowest BCUT2D eigenvalue weighted by atomic mass is 9.82. The van der Waals surface area contributed by atoms with E-state index in [-0.39, 0.29) is 33.8 Å². The zero-order valence-corrected chi connectivity index (χ0v) is 16.1. The maximum Gasteiger partial charge on any atom is 0.229 e. The van der Waals surface area contributed by atoms with Crippen LogP contribution in [0.5, 0.6) is 17.2 Å². The van der Waals surface area contributed by atoms with Gasteiger partial charge in [-0.2, -0.15) is 0 Å². The minimum Gasteiger partial charge on any atom is -0.508 e. The topological polar surface area (TPSA) is 154 Å². The highest BCUT2D eigenvalue weighted by Gasteiger charge is 2.44. The van der Waals surface area contributed by atoms with Crippen LogP contribution in [0.25, 0.3) is 0 Å². The quantitative estimate of drug-likeness (QED) is 0.399. The van der Waals surface area contributed by atoms with Crippen LogP contribution in [-0.2, 0) is 4.74 Å². The number of carbonyl (C=O) groups excluding carboxylic acids is 2. The maximum absolute atomic E-state index is 13.2. The molecule has 2 aromatic rings. The lowest BCUT2D eigenvalue weighted by molar-refractivity contribution is -0.268. The van der Waals surface area contributed by atoms with Crippen molar-refractivity contribution in [1.82, 2.24) is 0 Å². The van der Waals surface area contributed by atoms with Crippen LogP contribution in [0.15, 0.2) is 24.3 Å². The number of fused-ring (bicyclic) bond motifs is 2. The number of carbonyl (C=O) groups is 2. The van der Waals surface area contributed by atoms with Crippen molar-refractivity contribution < 1.29 is 44.6 Å². The van der Waals surface area contributed by atoms with Gasteiger partial charge in [0.15, 0.2) is 5.78 Å². The number of ether oxygens (including phenoxy) is 2. The van der Waals surface area contributed by atoms with E-state index in [9.17, 15) is 35.1 Å². The molecule has 1 heterocycles. The molecule has 1 saturated heterocycles. The van der Waals surface area contributed by atoms with Crippen molar-refractivity contribution in [1.29, 1.82) is 0 Å². The van der Waals surface area contributed by atoms with Crippen molar-refractivity contribution in [2.45, 2.75) is 44.6 Å². The average Bonchev–Trinajstić information content (AvgIpc) is 2.67. The number of aliphatic hydroxyl groups excluding tert-OH is 3. The predicted molar refractivity (Wildman–Crippen MR) is 101 cm³/mol. The largest absolute Gasteiger partial charge is 0.508 e. The van der Waals surface area contributed by atoms with E-state index in [0.29, 0.717) is 5.56 Å². The summed E-state index contributed by atoms with van der Waals surface area (Å²) in [6.45, 7) is 3.15. The Bertz CT molecular complexity index is 1060. The van der Waals surface area contributed by atoms with Crippen molar-refractivity contribution in [2.75, 3.05) is 0 Å². The van der Waals surface area contributed by atoms with Gasteiger partial charge in [0.1, 0.15) is 35.6 Å². The summed E-state index contributed by atoms with van der Waals surface area (Å²) in [5.41, 5.74) is 0.0295. The Morgan fingerprint density at radius 1 is 0.867 bits per heavy atom. The molecule has 2 aliphatic rings. The van der Waals surface area contributed by atoms with E-state index in [1.54, 1.807) is 6.92 Å². The molecule has 0 amide bonds. The number of rotatable bonds is 2. The number of aromatic hydroxyl groups is 2. The fourth-order valence-electron chi connectivity index (χ4n) is 3.80. The zero-order chi connectivity index (χ0) is 21.9. The predicted octanol–water partition coefficient (Wildman–Crippen LogP) is 0.388. The number of phenolic OH excluding ortho intramolecular Hbond substituents is 2. The number of aliphatic hydroxyl groups is 3. The molecule has 30 heavy (non-hydrogen) atoms. The van der Waals surface area contributed by atoms with E-state index in [1.807, 2.05) is 0 Å². The van der Waals surface area contributed by atoms with E-state index < -0.39 is 48.0 Å². The molecule has 5 N–H and O–H groups in total. The lowest BCUT2D eigenvalue weighted by Gasteiger charge is -2.39. The molecule has 5 atom stereocenters. The summed E-state index contributed by atoms with van der Waals surface area (Å²) in [6, 6.07) is 5.00. The minimum atomic E-state index is -1.61. The monoisotopic (exact) mass is 416 g/mol. The third-order valence-corrected chi connectivity index (χ3v) is 5.34. The first-order valence-corrected chi connectivity index (χ1v) is 9.26. The van der Waals surface area contributed by atoms with E-state index >= 15 is 0 Å². The van der Waals surface area contributed by atoms with Gasteiger partial charge in [-0.1, -0.05) is 0 Å². The van der Waals surface area contributed by atoms with Gasteiger partial charge in [-0.15, -0.1) is 0 Å². The molecule has 0 bridgehead atoms.